The molecule has 0 aromatic heterocycles. The number of rotatable bonds is 5. The summed E-state index contributed by atoms with van der Waals surface area (Å²) >= 11 is 0. The Morgan fingerprint density at radius 1 is 1.08 bits per heavy atom. The summed E-state index contributed by atoms with van der Waals surface area (Å²) < 4.78 is 4.96. The van der Waals surface area contributed by atoms with Crippen molar-refractivity contribution in [1.82, 2.24) is 4.90 Å². The molecule has 1 unspecified atom stereocenters. The van der Waals surface area contributed by atoms with Crippen LogP contribution in [-0.4, -0.2) is 35.7 Å². The third-order valence-corrected chi connectivity index (χ3v) is 4.73. The Hall–Kier alpha value is -2.19. The Labute approximate surface area is 144 Å². The number of imide groups is 1. The molecule has 4 nitrogen and oxygen atoms in total. The quantitative estimate of drug-likeness (QED) is 0.782. The highest BCUT2D eigenvalue weighted by molar-refractivity contribution is 7.16. The maximum absolute atomic E-state index is 12.3. The van der Waals surface area contributed by atoms with E-state index in [0.29, 0.717) is 25.6 Å². The van der Waals surface area contributed by atoms with Crippen molar-refractivity contribution in [1.29, 1.82) is 0 Å². The van der Waals surface area contributed by atoms with Crippen LogP contribution >= 0.6 is 9.24 Å². The van der Waals surface area contributed by atoms with Crippen molar-refractivity contribution < 1.29 is 14.3 Å². The van der Waals surface area contributed by atoms with Crippen molar-refractivity contribution in [2.24, 2.45) is 0 Å². The summed E-state index contributed by atoms with van der Waals surface area (Å²) in [5.41, 5.74) is 3.40. The van der Waals surface area contributed by atoms with E-state index in [2.05, 4.69) is 33.5 Å². The molecule has 2 aromatic rings. The van der Waals surface area contributed by atoms with E-state index in [1.165, 1.54) is 10.5 Å². The third kappa shape index (κ3) is 3.65. The molecule has 1 aliphatic rings. The van der Waals surface area contributed by atoms with Gasteiger partial charge < -0.3 is 4.74 Å². The number of carbonyl (C=O) groups is 2. The van der Waals surface area contributed by atoms with E-state index in [-0.39, 0.29) is 11.9 Å². The number of carbonyl (C=O) groups excluding carboxylic acids is 2. The van der Waals surface area contributed by atoms with Gasteiger partial charge in [0.1, 0.15) is 6.61 Å². The van der Waals surface area contributed by atoms with Gasteiger partial charge in [0.15, 0.2) is 0 Å². The molecule has 1 fully saturated rings. The van der Waals surface area contributed by atoms with Crippen LogP contribution < -0.4 is 0 Å². The van der Waals surface area contributed by atoms with Gasteiger partial charge in [-0.1, -0.05) is 54.6 Å². The Balaban J connectivity index is 1.61. The second-order valence-corrected chi connectivity index (χ2v) is 6.26. The van der Waals surface area contributed by atoms with Crippen LogP contribution in [0.3, 0.4) is 0 Å². The van der Waals surface area contributed by atoms with Gasteiger partial charge in [0, 0.05) is 6.42 Å². The normalized spacial score (nSPS) is 17.0. The number of nitrogens with zero attached hydrogens (tertiary/aromatic N) is 1. The van der Waals surface area contributed by atoms with Crippen LogP contribution in [0.15, 0.2) is 54.6 Å². The molecule has 0 aliphatic carbocycles. The van der Waals surface area contributed by atoms with Crippen LogP contribution in [-0.2, 0) is 16.0 Å². The van der Waals surface area contributed by atoms with Gasteiger partial charge in [-0.05, 0) is 29.3 Å². The number of cyclic esters (lactones) is 1. The van der Waals surface area contributed by atoms with Crippen LogP contribution in [0, 0.1) is 0 Å². The number of hydrogen-bond acceptors (Lipinski definition) is 3. The van der Waals surface area contributed by atoms with Crippen molar-refractivity contribution in [3.05, 3.63) is 60.2 Å². The molecule has 1 saturated heterocycles. The largest absolute Gasteiger partial charge is 0.447 e. The second-order valence-electron chi connectivity index (χ2n) is 5.79. The fourth-order valence-electron chi connectivity index (χ4n) is 2.81. The average Bonchev–Trinajstić information content (AvgIpc) is 3.01. The van der Waals surface area contributed by atoms with E-state index >= 15 is 0 Å². The number of amides is 2. The minimum Gasteiger partial charge on any atom is -0.447 e. The zero-order valence-electron chi connectivity index (χ0n) is 13.4. The molecule has 124 valence electrons. The van der Waals surface area contributed by atoms with E-state index < -0.39 is 6.09 Å². The van der Waals surface area contributed by atoms with E-state index in [0.717, 1.165) is 11.1 Å². The summed E-state index contributed by atoms with van der Waals surface area (Å²) in [7, 11) is 2.56. The lowest BCUT2D eigenvalue weighted by Crippen LogP contribution is -2.40. The lowest BCUT2D eigenvalue weighted by Gasteiger charge is -2.17. The Morgan fingerprint density at radius 2 is 1.75 bits per heavy atom. The fourth-order valence-corrected chi connectivity index (χ4v) is 3.15. The molecule has 0 radical (unpaired) electrons. The molecule has 24 heavy (non-hydrogen) atoms. The molecule has 5 heteroatoms. The number of aryl methyl sites for hydroxylation is 1. The van der Waals surface area contributed by atoms with Gasteiger partial charge >= 0.3 is 6.09 Å². The SMILES string of the molecule is O=C(CCc1ccc(-c2ccccc2)cc1)N1C(=O)OC[C@H]1CP. The summed E-state index contributed by atoms with van der Waals surface area (Å²) in [4.78, 5) is 25.2. The zero-order valence-corrected chi connectivity index (χ0v) is 14.5. The highest BCUT2D eigenvalue weighted by Gasteiger charge is 2.36. The van der Waals surface area contributed by atoms with Crippen LogP contribution in [0.4, 0.5) is 4.79 Å². The topological polar surface area (TPSA) is 46.6 Å². The van der Waals surface area contributed by atoms with E-state index in [4.69, 9.17) is 4.74 Å². The van der Waals surface area contributed by atoms with Crippen molar-refractivity contribution in [2.75, 3.05) is 12.8 Å². The van der Waals surface area contributed by atoms with Gasteiger partial charge in [-0.15, -0.1) is 9.24 Å². The fraction of sp³-hybridized carbons (Fsp3) is 0.263. The summed E-state index contributed by atoms with van der Waals surface area (Å²) in [5.74, 6) is -0.169. The van der Waals surface area contributed by atoms with Crippen LogP contribution in [0.2, 0.25) is 0 Å². The molecule has 2 amide bonds. The minimum atomic E-state index is -0.521. The number of hydrogen-bond donors (Lipinski definition) is 0. The summed E-state index contributed by atoms with van der Waals surface area (Å²) in [5, 5.41) is 0. The molecule has 0 N–H and O–H groups in total. The first-order valence-corrected chi connectivity index (χ1v) is 8.84. The molecule has 2 aromatic carbocycles. The summed E-state index contributed by atoms with van der Waals surface area (Å²) in [6.07, 6.45) is 1.04. The lowest BCUT2D eigenvalue weighted by atomic mass is 10.0. The van der Waals surface area contributed by atoms with Crippen LogP contribution in [0.1, 0.15) is 12.0 Å². The first kappa shape index (κ1) is 16.7. The lowest BCUT2D eigenvalue weighted by molar-refractivity contribution is -0.128. The van der Waals surface area contributed by atoms with Crippen LogP contribution in [0.5, 0.6) is 0 Å². The van der Waals surface area contributed by atoms with Gasteiger partial charge in [-0.2, -0.15) is 0 Å². The number of ether oxygens (including phenoxy) is 1. The molecule has 3 rings (SSSR count). The Bertz CT molecular complexity index is 715. The summed E-state index contributed by atoms with van der Waals surface area (Å²) in [6.45, 7) is 0.292. The smallest absolute Gasteiger partial charge is 0.416 e. The minimum absolute atomic E-state index is 0.157. The van der Waals surface area contributed by atoms with Crippen molar-refractivity contribution in [3.63, 3.8) is 0 Å². The standard InChI is InChI=1S/C19H20NO3P/c21-18(20-17(13-24)12-23-19(20)22)11-8-14-6-9-16(10-7-14)15-4-2-1-3-5-15/h1-7,9-10,17H,8,11-13,24H2/t17-/m0/s1. The summed E-state index contributed by atoms with van der Waals surface area (Å²) in [6, 6.07) is 18.2. The molecular weight excluding hydrogens is 321 g/mol. The molecule has 2 atom stereocenters. The van der Waals surface area contributed by atoms with E-state index in [1.807, 2.05) is 30.3 Å². The van der Waals surface area contributed by atoms with Gasteiger partial charge in [0.05, 0.1) is 6.04 Å². The molecule has 0 bridgehead atoms. The molecular formula is C19H20NO3P. The van der Waals surface area contributed by atoms with Crippen molar-refractivity contribution in [3.8, 4) is 11.1 Å². The van der Waals surface area contributed by atoms with Gasteiger partial charge in [-0.3, -0.25) is 4.79 Å². The average molecular weight is 341 g/mol. The molecule has 1 heterocycles. The van der Waals surface area contributed by atoms with Crippen LogP contribution in [0.25, 0.3) is 11.1 Å². The Morgan fingerprint density at radius 3 is 2.42 bits per heavy atom. The van der Waals surface area contributed by atoms with Crippen molar-refractivity contribution in [2.45, 2.75) is 18.9 Å². The van der Waals surface area contributed by atoms with E-state index in [1.54, 1.807) is 0 Å². The predicted molar refractivity (Wildman–Crippen MR) is 96.8 cm³/mol. The second kappa shape index (κ2) is 7.59. The van der Waals surface area contributed by atoms with Gasteiger partial charge in [0.25, 0.3) is 0 Å². The predicted octanol–water partition coefficient (Wildman–Crippen LogP) is 3.51. The van der Waals surface area contributed by atoms with Gasteiger partial charge in [-0.25, -0.2) is 9.69 Å². The zero-order chi connectivity index (χ0) is 16.9. The highest BCUT2D eigenvalue weighted by Crippen LogP contribution is 2.21. The van der Waals surface area contributed by atoms with E-state index in [9.17, 15) is 9.59 Å². The molecule has 0 saturated carbocycles. The molecule has 0 spiro atoms. The van der Waals surface area contributed by atoms with Crippen molar-refractivity contribution >= 4 is 21.2 Å². The first-order valence-electron chi connectivity index (χ1n) is 8.02. The molecule has 1 aliphatic heterocycles. The third-order valence-electron chi connectivity index (χ3n) is 4.19. The first-order chi connectivity index (χ1) is 11.7. The number of benzene rings is 2. The monoisotopic (exact) mass is 341 g/mol. The maximum atomic E-state index is 12.3. The van der Waals surface area contributed by atoms with Gasteiger partial charge in [0.2, 0.25) is 5.91 Å². The highest BCUT2D eigenvalue weighted by atomic mass is 31.0. The Kier molecular flexibility index (Phi) is 5.27. The maximum Gasteiger partial charge on any atom is 0.416 e.